The number of sulfonamides is 1. The van der Waals surface area contributed by atoms with Crippen LogP contribution in [-0.2, 0) is 10.0 Å². The fraction of sp³-hybridized carbons (Fsp3) is 0.222. The summed E-state index contributed by atoms with van der Waals surface area (Å²) in [5.41, 5.74) is 0.746. The fourth-order valence-electron chi connectivity index (χ4n) is 2.70. The Hall–Kier alpha value is -2.91. The van der Waals surface area contributed by atoms with E-state index in [-0.39, 0.29) is 22.4 Å². The maximum atomic E-state index is 12.2. The van der Waals surface area contributed by atoms with Gasteiger partial charge >= 0.3 is 0 Å². The number of aromatic amines is 2. The Labute approximate surface area is 155 Å². The molecule has 8 nitrogen and oxygen atoms in total. The smallest absolute Gasteiger partial charge is 0.272 e. The quantitative estimate of drug-likeness (QED) is 0.454. The Morgan fingerprint density at radius 2 is 1.63 bits per heavy atom. The van der Waals surface area contributed by atoms with Crippen LogP contribution in [0.4, 0.5) is 5.69 Å². The number of hydrogen-bond donors (Lipinski definition) is 4. The number of nitrogens with one attached hydrogen (secondary N) is 4. The lowest BCUT2D eigenvalue weighted by Gasteiger charge is -2.10. The number of rotatable bonds is 7. The molecule has 0 unspecified atom stereocenters. The summed E-state index contributed by atoms with van der Waals surface area (Å²) in [5, 5.41) is 8.24. The fourth-order valence-corrected chi connectivity index (χ4v) is 3.77. The summed E-state index contributed by atoms with van der Waals surface area (Å²) in [5.74, 6) is 0. The Balaban J connectivity index is 1.61. The Morgan fingerprint density at radius 3 is 2.37 bits per heavy atom. The Kier molecular flexibility index (Phi) is 5.43. The molecule has 142 valence electrons. The van der Waals surface area contributed by atoms with Gasteiger partial charge in [0.1, 0.15) is 0 Å². The number of aryl methyl sites for hydroxylation is 1. The number of H-pyrrole nitrogens is 2. The molecule has 3 aromatic rings. The van der Waals surface area contributed by atoms with Gasteiger partial charge in [-0.1, -0.05) is 23.8 Å². The van der Waals surface area contributed by atoms with Gasteiger partial charge in [0.05, 0.1) is 15.7 Å². The van der Waals surface area contributed by atoms with Crippen LogP contribution in [0.15, 0.2) is 56.9 Å². The number of benzene rings is 2. The van der Waals surface area contributed by atoms with Crippen LogP contribution in [0.5, 0.6) is 0 Å². The molecule has 3 rings (SSSR count). The van der Waals surface area contributed by atoms with E-state index in [1.54, 1.807) is 42.5 Å². The minimum Gasteiger partial charge on any atom is -0.384 e. The van der Waals surface area contributed by atoms with E-state index >= 15 is 0 Å². The SMILES string of the molecule is Cc1ccc(S(=O)(=O)NCCCNc2cccc3c(=O)[nH][nH]c(=O)c23)cc1. The topological polar surface area (TPSA) is 124 Å². The van der Waals surface area contributed by atoms with Crippen molar-refractivity contribution in [3.63, 3.8) is 0 Å². The third-order valence-corrected chi connectivity index (χ3v) is 5.60. The lowest BCUT2D eigenvalue weighted by Crippen LogP contribution is -2.26. The first-order valence-electron chi connectivity index (χ1n) is 8.42. The summed E-state index contributed by atoms with van der Waals surface area (Å²) in [4.78, 5) is 24.0. The van der Waals surface area contributed by atoms with Gasteiger partial charge in [-0.25, -0.2) is 13.1 Å². The summed E-state index contributed by atoms with van der Waals surface area (Å²) >= 11 is 0. The normalized spacial score (nSPS) is 11.6. The molecule has 0 atom stereocenters. The van der Waals surface area contributed by atoms with E-state index in [1.807, 2.05) is 6.92 Å². The van der Waals surface area contributed by atoms with Gasteiger partial charge in [0, 0.05) is 18.8 Å². The molecule has 1 aromatic heterocycles. The van der Waals surface area contributed by atoms with Gasteiger partial charge in [0.2, 0.25) is 10.0 Å². The molecule has 0 spiro atoms. The maximum Gasteiger partial charge on any atom is 0.272 e. The van der Waals surface area contributed by atoms with E-state index in [2.05, 4.69) is 20.2 Å². The Morgan fingerprint density at radius 1 is 0.926 bits per heavy atom. The molecular weight excluding hydrogens is 368 g/mol. The highest BCUT2D eigenvalue weighted by Crippen LogP contribution is 2.16. The summed E-state index contributed by atoms with van der Waals surface area (Å²) < 4.78 is 27.0. The highest BCUT2D eigenvalue weighted by molar-refractivity contribution is 7.89. The first-order chi connectivity index (χ1) is 12.9. The van der Waals surface area contributed by atoms with Gasteiger partial charge in [-0.05, 0) is 37.6 Å². The summed E-state index contributed by atoms with van der Waals surface area (Å²) in [6, 6.07) is 11.6. The second-order valence-corrected chi connectivity index (χ2v) is 7.89. The highest BCUT2D eigenvalue weighted by atomic mass is 32.2. The van der Waals surface area contributed by atoms with E-state index in [1.165, 1.54) is 0 Å². The zero-order valence-corrected chi connectivity index (χ0v) is 15.5. The van der Waals surface area contributed by atoms with Gasteiger partial charge < -0.3 is 5.32 Å². The number of aromatic nitrogens is 2. The van der Waals surface area contributed by atoms with Crippen molar-refractivity contribution in [2.45, 2.75) is 18.2 Å². The minimum atomic E-state index is -3.55. The minimum absolute atomic E-state index is 0.223. The third kappa shape index (κ3) is 4.26. The molecule has 9 heteroatoms. The second-order valence-electron chi connectivity index (χ2n) is 6.13. The number of anilines is 1. The van der Waals surface area contributed by atoms with Gasteiger partial charge in [-0.15, -0.1) is 0 Å². The first kappa shape index (κ1) is 18.9. The molecule has 4 N–H and O–H groups in total. The molecule has 0 amide bonds. The molecule has 1 heterocycles. The van der Waals surface area contributed by atoms with Crippen molar-refractivity contribution in [3.8, 4) is 0 Å². The van der Waals surface area contributed by atoms with Gasteiger partial charge in [-0.2, -0.15) is 0 Å². The lowest BCUT2D eigenvalue weighted by atomic mass is 10.1. The van der Waals surface area contributed by atoms with Crippen LogP contribution in [0.25, 0.3) is 10.8 Å². The van der Waals surface area contributed by atoms with Crippen molar-refractivity contribution >= 4 is 26.5 Å². The predicted octanol–water partition coefficient (Wildman–Crippen LogP) is 1.31. The van der Waals surface area contributed by atoms with E-state index in [0.717, 1.165) is 5.56 Å². The molecule has 0 aliphatic rings. The van der Waals surface area contributed by atoms with Crippen molar-refractivity contribution in [1.82, 2.24) is 14.9 Å². The van der Waals surface area contributed by atoms with Crippen LogP contribution >= 0.6 is 0 Å². The van der Waals surface area contributed by atoms with E-state index in [9.17, 15) is 18.0 Å². The summed E-state index contributed by atoms with van der Waals surface area (Å²) in [6.45, 7) is 2.56. The molecule has 0 aliphatic heterocycles. The molecule has 0 fully saturated rings. The highest BCUT2D eigenvalue weighted by Gasteiger charge is 2.12. The van der Waals surface area contributed by atoms with Gasteiger partial charge in [-0.3, -0.25) is 19.8 Å². The van der Waals surface area contributed by atoms with Crippen LogP contribution in [0.2, 0.25) is 0 Å². The molecular formula is C18H20N4O4S. The summed E-state index contributed by atoms with van der Waals surface area (Å²) in [7, 11) is -3.55. The van der Waals surface area contributed by atoms with E-state index in [0.29, 0.717) is 24.0 Å². The van der Waals surface area contributed by atoms with Crippen LogP contribution in [0.1, 0.15) is 12.0 Å². The molecule has 0 aliphatic carbocycles. The average molecular weight is 388 g/mol. The lowest BCUT2D eigenvalue weighted by molar-refractivity contribution is 0.580. The Bertz CT molecular complexity index is 1160. The van der Waals surface area contributed by atoms with Crippen molar-refractivity contribution < 1.29 is 8.42 Å². The molecule has 0 saturated heterocycles. The third-order valence-electron chi connectivity index (χ3n) is 4.12. The summed E-state index contributed by atoms with van der Waals surface area (Å²) in [6.07, 6.45) is 0.503. The largest absolute Gasteiger partial charge is 0.384 e. The predicted molar refractivity (Wildman–Crippen MR) is 105 cm³/mol. The zero-order chi connectivity index (χ0) is 19.4. The molecule has 2 aromatic carbocycles. The molecule has 27 heavy (non-hydrogen) atoms. The van der Waals surface area contributed by atoms with Crippen molar-refractivity contribution in [3.05, 3.63) is 68.7 Å². The standard InChI is InChI=1S/C18H20N4O4S/c1-12-6-8-13(9-7-12)27(25,26)20-11-3-10-19-15-5-2-4-14-16(15)18(24)22-21-17(14)23/h2,4-9,19-20H,3,10-11H2,1H3,(H,21,23)(H,22,24). The van der Waals surface area contributed by atoms with Crippen molar-refractivity contribution in [1.29, 1.82) is 0 Å². The molecule has 0 saturated carbocycles. The van der Waals surface area contributed by atoms with Gasteiger partial charge in [0.15, 0.2) is 0 Å². The zero-order valence-electron chi connectivity index (χ0n) is 14.7. The van der Waals surface area contributed by atoms with Crippen molar-refractivity contribution in [2.24, 2.45) is 0 Å². The van der Waals surface area contributed by atoms with E-state index < -0.39 is 15.6 Å². The monoisotopic (exact) mass is 388 g/mol. The van der Waals surface area contributed by atoms with E-state index in [4.69, 9.17) is 0 Å². The van der Waals surface area contributed by atoms with Crippen molar-refractivity contribution in [2.75, 3.05) is 18.4 Å². The maximum absolute atomic E-state index is 12.2. The van der Waals surface area contributed by atoms with Crippen LogP contribution in [0.3, 0.4) is 0 Å². The molecule has 0 bridgehead atoms. The first-order valence-corrected chi connectivity index (χ1v) is 9.91. The average Bonchev–Trinajstić information content (AvgIpc) is 2.65. The second kappa shape index (κ2) is 7.77. The van der Waals surface area contributed by atoms with Gasteiger partial charge in [0.25, 0.3) is 11.1 Å². The number of fused-ring (bicyclic) bond motifs is 1. The van der Waals surface area contributed by atoms with Crippen LogP contribution in [0, 0.1) is 6.92 Å². The van der Waals surface area contributed by atoms with Crippen LogP contribution in [-0.4, -0.2) is 31.7 Å². The number of hydrogen-bond acceptors (Lipinski definition) is 5. The molecule has 0 radical (unpaired) electrons. The van der Waals surface area contributed by atoms with Crippen LogP contribution < -0.4 is 21.2 Å².